The highest BCUT2D eigenvalue weighted by molar-refractivity contribution is 7.10. The van der Waals surface area contributed by atoms with Gasteiger partial charge in [-0.25, -0.2) is 9.78 Å². The maximum absolute atomic E-state index is 11.8. The van der Waals surface area contributed by atoms with Crippen molar-refractivity contribution in [3.8, 4) is 0 Å². The van der Waals surface area contributed by atoms with E-state index in [1.807, 2.05) is 38.3 Å². The van der Waals surface area contributed by atoms with E-state index in [0.717, 1.165) is 17.1 Å². The molecule has 0 N–H and O–H groups in total. The zero-order valence-electron chi connectivity index (χ0n) is 16.7. The molecule has 0 saturated carbocycles. The Balaban J connectivity index is 2.86. The van der Waals surface area contributed by atoms with E-state index in [1.165, 1.54) is 31.6 Å². The van der Waals surface area contributed by atoms with Gasteiger partial charge in [-0.05, 0) is 19.4 Å². The average molecular weight is 397 g/mol. The summed E-state index contributed by atoms with van der Waals surface area (Å²) in [6.07, 6.45) is 5.61. The standard InChI is InChI=1S/C19H28N2O5S/c1-7-10-26-19(22)11-17(24-5)13(2)16(23-4)8-9-18-20-15(12-27-18)14(3)21-25-6/h8-9,11-13,16H,7,10H2,1-6H3/b9-8+,17-11+,21-14-/t13-,16+/m1/s1. The summed E-state index contributed by atoms with van der Waals surface area (Å²) in [5, 5.41) is 6.60. The number of esters is 1. The number of hydrogen-bond donors (Lipinski definition) is 0. The first kappa shape index (κ1) is 22.9. The number of carbonyl (C=O) groups excluding carboxylic acids is 1. The van der Waals surface area contributed by atoms with Crippen LogP contribution in [0.2, 0.25) is 0 Å². The molecule has 1 heterocycles. The molecule has 1 aromatic heterocycles. The highest BCUT2D eigenvalue weighted by Gasteiger charge is 2.21. The van der Waals surface area contributed by atoms with Crippen molar-refractivity contribution in [1.29, 1.82) is 0 Å². The number of nitrogens with zero attached hydrogens (tertiary/aromatic N) is 2. The topological polar surface area (TPSA) is 79.2 Å². The van der Waals surface area contributed by atoms with Crippen LogP contribution in [0.4, 0.5) is 0 Å². The van der Waals surface area contributed by atoms with Crippen molar-refractivity contribution in [3.05, 3.63) is 34.0 Å². The third kappa shape index (κ3) is 7.52. The molecule has 0 saturated heterocycles. The molecular formula is C19H28N2O5S. The van der Waals surface area contributed by atoms with Crippen molar-refractivity contribution in [1.82, 2.24) is 4.98 Å². The van der Waals surface area contributed by atoms with Gasteiger partial charge in [0.1, 0.15) is 23.6 Å². The SMILES string of the molecule is CCCOC(=O)/C=C(/OC)[C@H](C)[C@H](/C=C/c1nc(/C(C)=N\OC)cs1)OC. The molecule has 0 bridgehead atoms. The van der Waals surface area contributed by atoms with E-state index < -0.39 is 5.97 Å². The van der Waals surface area contributed by atoms with Crippen LogP contribution in [0.15, 0.2) is 28.4 Å². The first-order valence-corrected chi connectivity index (χ1v) is 9.51. The van der Waals surface area contributed by atoms with Gasteiger partial charge >= 0.3 is 5.97 Å². The first-order chi connectivity index (χ1) is 13.0. The highest BCUT2D eigenvalue weighted by Crippen LogP contribution is 2.21. The van der Waals surface area contributed by atoms with Gasteiger partial charge in [-0.1, -0.05) is 25.1 Å². The quantitative estimate of drug-likeness (QED) is 0.187. The third-order valence-corrected chi connectivity index (χ3v) is 4.52. The normalized spacial score (nSPS) is 14.9. The summed E-state index contributed by atoms with van der Waals surface area (Å²) in [7, 11) is 4.63. The second kappa shape index (κ2) is 12.2. The lowest BCUT2D eigenvalue weighted by molar-refractivity contribution is -0.138. The molecule has 0 amide bonds. The number of methoxy groups -OCH3 is 2. The lowest BCUT2D eigenvalue weighted by Crippen LogP contribution is -2.21. The van der Waals surface area contributed by atoms with Crippen molar-refractivity contribution >= 4 is 29.1 Å². The van der Waals surface area contributed by atoms with Crippen LogP contribution >= 0.6 is 11.3 Å². The Morgan fingerprint density at radius 1 is 1.37 bits per heavy atom. The van der Waals surface area contributed by atoms with E-state index in [9.17, 15) is 4.79 Å². The summed E-state index contributed by atoms with van der Waals surface area (Å²) in [5.74, 6) is -0.103. The Morgan fingerprint density at radius 2 is 2.11 bits per heavy atom. The zero-order chi connectivity index (χ0) is 20.2. The van der Waals surface area contributed by atoms with Gasteiger partial charge < -0.3 is 19.0 Å². The van der Waals surface area contributed by atoms with Crippen LogP contribution in [0.5, 0.6) is 0 Å². The minimum atomic E-state index is -0.420. The van der Waals surface area contributed by atoms with Crippen LogP contribution in [0.25, 0.3) is 6.08 Å². The molecule has 8 heteroatoms. The van der Waals surface area contributed by atoms with E-state index in [2.05, 4.69) is 10.1 Å². The highest BCUT2D eigenvalue weighted by atomic mass is 32.1. The monoisotopic (exact) mass is 396 g/mol. The molecule has 1 aromatic rings. The van der Waals surface area contributed by atoms with E-state index in [1.54, 1.807) is 7.11 Å². The lowest BCUT2D eigenvalue weighted by Gasteiger charge is -2.21. The summed E-state index contributed by atoms with van der Waals surface area (Å²) >= 11 is 1.49. The van der Waals surface area contributed by atoms with E-state index in [-0.39, 0.29) is 12.0 Å². The number of hydrogen-bond acceptors (Lipinski definition) is 8. The van der Waals surface area contributed by atoms with Crippen LogP contribution in [-0.2, 0) is 23.8 Å². The van der Waals surface area contributed by atoms with Gasteiger partial charge in [0.05, 0.1) is 31.6 Å². The van der Waals surface area contributed by atoms with Crippen molar-refractivity contribution in [3.63, 3.8) is 0 Å². The van der Waals surface area contributed by atoms with Gasteiger partial charge in [0.25, 0.3) is 0 Å². The van der Waals surface area contributed by atoms with Crippen LogP contribution in [0.3, 0.4) is 0 Å². The molecular weight excluding hydrogens is 368 g/mol. The van der Waals surface area contributed by atoms with E-state index in [4.69, 9.17) is 19.0 Å². The molecule has 27 heavy (non-hydrogen) atoms. The zero-order valence-corrected chi connectivity index (χ0v) is 17.5. The molecule has 7 nitrogen and oxygen atoms in total. The van der Waals surface area contributed by atoms with Crippen LogP contribution < -0.4 is 0 Å². The first-order valence-electron chi connectivity index (χ1n) is 8.63. The van der Waals surface area contributed by atoms with Crippen LogP contribution in [-0.4, -0.2) is 50.7 Å². The van der Waals surface area contributed by atoms with E-state index >= 15 is 0 Å². The summed E-state index contributed by atoms with van der Waals surface area (Å²) in [6, 6.07) is 0. The minimum absolute atomic E-state index is 0.179. The second-order valence-electron chi connectivity index (χ2n) is 5.70. The van der Waals surface area contributed by atoms with Gasteiger partial charge in [-0.3, -0.25) is 0 Å². The second-order valence-corrected chi connectivity index (χ2v) is 6.59. The van der Waals surface area contributed by atoms with Gasteiger partial charge in [0.2, 0.25) is 0 Å². The van der Waals surface area contributed by atoms with Crippen molar-refractivity contribution in [2.75, 3.05) is 27.9 Å². The maximum atomic E-state index is 11.8. The smallest absolute Gasteiger partial charge is 0.334 e. The number of ether oxygens (including phenoxy) is 3. The van der Waals surface area contributed by atoms with Crippen LogP contribution in [0.1, 0.15) is 37.9 Å². The molecule has 0 aliphatic carbocycles. The van der Waals surface area contributed by atoms with Gasteiger partial charge in [0.15, 0.2) is 0 Å². The summed E-state index contributed by atoms with van der Waals surface area (Å²) < 4.78 is 16.0. The summed E-state index contributed by atoms with van der Waals surface area (Å²) in [6.45, 7) is 6.07. The Labute approximate surface area is 164 Å². The summed E-state index contributed by atoms with van der Waals surface area (Å²) in [4.78, 5) is 21.1. The predicted molar refractivity (Wildman–Crippen MR) is 107 cm³/mol. The average Bonchev–Trinajstić information content (AvgIpc) is 3.14. The fourth-order valence-corrected chi connectivity index (χ4v) is 3.00. The molecule has 1 rings (SSSR count). The van der Waals surface area contributed by atoms with Crippen molar-refractivity contribution in [2.45, 2.75) is 33.3 Å². The van der Waals surface area contributed by atoms with E-state index in [0.29, 0.717) is 18.1 Å². The minimum Gasteiger partial charge on any atom is -0.500 e. The molecule has 0 unspecified atom stereocenters. The van der Waals surface area contributed by atoms with Gasteiger partial charge in [-0.15, -0.1) is 11.3 Å². The molecule has 150 valence electrons. The maximum Gasteiger partial charge on any atom is 0.334 e. The Hall–Kier alpha value is -2.19. The van der Waals surface area contributed by atoms with Crippen molar-refractivity contribution < 1.29 is 23.8 Å². The summed E-state index contributed by atoms with van der Waals surface area (Å²) in [5.41, 5.74) is 1.47. The molecule has 0 spiro atoms. The Kier molecular flexibility index (Phi) is 10.4. The number of carbonyl (C=O) groups is 1. The van der Waals surface area contributed by atoms with Gasteiger partial charge in [0, 0.05) is 18.4 Å². The molecule has 0 aliphatic rings. The van der Waals surface area contributed by atoms with Gasteiger partial charge in [-0.2, -0.15) is 0 Å². The molecule has 0 radical (unpaired) electrons. The largest absolute Gasteiger partial charge is 0.500 e. The molecule has 0 aliphatic heterocycles. The van der Waals surface area contributed by atoms with Crippen LogP contribution in [0, 0.1) is 5.92 Å². The fraction of sp³-hybridized carbons (Fsp3) is 0.526. The molecule has 0 fully saturated rings. The third-order valence-electron chi connectivity index (χ3n) is 3.71. The number of aromatic nitrogens is 1. The number of oxime groups is 1. The Morgan fingerprint density at radius 3 is 2.70 bits per heavy atom. The lowest BCUT2D eigenvalue weighted by atomic mass is 10.0. The Bertz CT molecular complexity index is 681. The van der Waals surface area contributed by atoms with Crippen molar-refractivity contribution in [2.24, 2.45) is 11.1 Å². The molecule has 2 atom stereocenters. The fourth-order valence-electron chi connectivity index (χ4n) is 2.24. The molecule has 0 aromatic carbocycles. The number of rotatable bonds is 11. The number of thiazole rings is 1. The predicted octanol–water partition coefficient (Wildman–Crippen LogP) is 3.66.